The van der Waals surface area contributed by atoms with Crippen molar-refractivity contribution in [1.29, 1.82) is 5.26 Å². The van der Waals surface area contributed by atoms with Crippen LogP contribution in [0.15, 0.2) is 52.3 Å². The van der Waals surface area contributed by atoms with Crippen molar-refractivity contribution in [3.8, 4) is 6.07 Å². The van der Waals surface area contributed by atoms with Crippen LogP contribution in [0.2, 0.25) is 0 Å². The molecule has 0 aliphatic carbocycles. The number of aryl methyl sites for hydroxylation is 1. The maximum absolute atomic E-state index is 10.8. The molecule has 0 bridgehead atoms. The van der Waals surface area contributed by atoms with Gasteiger partial charge >= 0.3 is 0 Å². The summed E-state index contributed by atoms with van der Waals surface area (Å²) in [4.78, 5) is 11.8. The average Bonchev–Trinajstić information content (AvgIpc) is 2.41. The van der Waals surface area contributed by atoms with Gasteiger partial charge in [0.25, 0.3) is 5.69 Å². The smallest absolute Gasteiger partial charge is 0.258 e. The maximum atomic E-state index is 10.8. The van der Waals surface area contributed by atoms with E-state index in [0.29, 0.717) is 10.5 Å². The molecule has 0 saturated carbocycles. The normalized spacial score (nSPS) is 9.89. The number of nitriles is 1. The Labute approximate surface area is 114 Å². The first-order chi connectivity index (χ1) is 9.10. The van der Waals surface area contributed by atoms with Crippen molar-refractivity contribution in [3.63, 3.8) is 0 Å². The van der Waals surface area contributed by atoms with Crippen molar-refractivity contribution in [3.05, 3.63) is 63.7 Å². The van der Waals surface area contributed by atoms with E-state index in [1.807, 2.05) is 37.3 Å². The molecule has 0 saturated heterocycles. The van der Waals surface area contributed by atoms with E-state index < -0.39 is 4.92 Å². The zero-order chi connectivity index (χ0) is 13.8. The van der Waals surface area contributed by atoms with Crippen LogP contribution in [0.25, 0.3) is 0 Å². The van der Waals surface area contributed by atoms with Gasteiger partial charge in [0, 0.05) is 21.9 Å². The first-order valence-corrected chi connectivity index (χ1v) is 6.35. The third-order valence-corrected chi connectivity index (χ3v) is 3.61. The van der Waals surface area contributed by atoms with E-state index in [-0.39, 0.29) is 5.69 Å². The van der Waals surface area contributed by atoms with Crippen LogP contribution < -0.4 is 0 Å². The first-order valence-electron chi connectivity index (χ1n) is 5.53. The number of non-ortho nitro benzene ring substituents is 1. The molecule has 0 aliphatic rings. The number of rotatable bonds is 3. The van der Waals surface area contributed by atoms with Gasteiger partial charge < -0.3 is 0 Å². The molecule has 0 aromatic heterocycles. The fraction of sp³-hybridized carbons (Fsp3) is 0.0714. The van der Waals surface area contributed by atoms with Gasteiger partial charge in [-0.2, -0.15) is 5.26 Å². The van der Waals surface area contributed by atoms with E-state index in [1.165, 1.54) is 30.0 Å². The highest BCUT2D eigenvalue weighted by atomic mass is 32.2. The molecule has 5 heteroatoms. The minimum Gasteiger partial charge on any atom is -0.258 e. The van der Waals surface area contributed by atoms with Crippen LogP contribution in [0.1, 0.15) is 11.1 Å². The molecule has 2 aromatic rings. The van der Waals surface area contributed by atoms with E-state index >= 15 is 0 Å². The Balaban J connectivity index is 2.37. The lowest BCUT2D eigenvalue weighted by Crippen LogP contribution is -1.90. The third-order valence-electron chi connectivity index (χ3n) is 2.55. The van der Waals surface area contributed by atoms with Crippen molar-refractivity contribution in [2.24, 2.45) is 0 Å². The van der Waals surface area contributed by atoms with Gasteiger partial charge in [0.15, 0.2) is 0 Å². The minimum absolute atomic E-state index is 0.00592. The van der Waals surface area contributed by atoms with Crippen LogP contribution in [0.4, 0.5) is 5.69 Å². The quantitative estimate of drug-likeness (QED) is 0.626. The fourth-order valence-corrected chi connectivity index (χ4v) is 2.46. The van der Waals surface area contributed by atoms with Crippen molar-refractivity contribution in [2.75, 3.05) is 0 Å². The fourth-order valence-electron chi connectivity index (χ4n) is 1.53. The van der Waals surface area contributed by atoms with Crippen LogP contribution in [0.3, 0.4) is 0 Å². The molecule has 2 rings (SSSR count). The summed E-state index contributed by atoms with van der Waals surface area (Å²) in [7, 11) is 0. The molecule has 19 heavy (non-hydrogen) atoms. The molecule has 0 N–H and O–H groups in total. The Morgan fingerprint density at radius 1 is 1.21 bits per heavy atom. The number of hydrogen-bond donors (Lipinski definition) is 0. The molecule has 0 aliphatic heterocycles. The largest absolute Gasteiger partial charge is 0.270 e. The lowest BCUT2D eigenvalue weighted by molar-refractivity contribution is -0.385. The summed E-state index contributed by atoms with van der Waals surface area (Å²) in [6, 6.07) is 14.1. The van der Waals surface area contributed by atoms with Crippen LogP contribution >= 0.6 is 11.8 Å². The standard InChI is InChI=1S/C14H10N2O2S/c1-10-2-6-13(7-3-10)19-14-8-12(16(17)18)5-4-11(14)9-15/h2-8H,1H3. The predicted octanol–water partition coefficient (Wildman–Crippen LogP) is 3.93. The molecule has 0 radical (unpaired) electrons. The number of benzene rings is 2. The summed E-state index contributed by atoms with van der Waals surface area (Å²) in [5, 5.41) is 19.8. The van der Waals surface area contributed by atoms with Gasteiger partial charge in [0.2, 0.25) is 0 Å². The second-order valence-electron chi connectivity index (χ2n) is 3.96. The first kappa shape index (κ1) is 13.1. The Bertz CT molecular complexity index is 660. The number of nitro groups is 1. The number of nitro benzene ring substituents is 1. The molecule has 0 unspecified atom stereocenters. The lowest BCUT2D eigenvalue weighted by Gasteiger charge is -2.04. The average molecular weight is 270 g/mol. The zero-order valence-corrected chi connectivity index (χ0v) is 11.0. The summed E-state index contributed by atoms with van der Waals surface area (Å²) < 4.78 is 0. The molecule has 0 fully saturated rings. The Hall–Kier alpha value is -2.32. The van der Waals surface area contributed by atoms with Gasteiger partial charge in [-0.3, -0.25) is 10.1 Å². The molecule has 2 aromatic carbocycles. The second-order valence-corrected chi connectivity index (χ2v) is 5.08. The molecular weight excluding hydrogens is 260 g/mol. The molecule has 0 amide bonds. The van der Waals surface area contributed by atoms with E-state index in [2.05, 4.69) is 0 Å². The van der Waals surface area contributed by atoms with E-state index in [9.17, 15) is 10.1 Å². The minimum atomic E-state index is -0.458. The number of nitrogens with zero attached hydrogens (tertiary/aromatic N) is 2. The van der Waals surface area contributed by atoms with Crippen LogP contribution in [0.5, 0.6) is 0 Å². The zero-order valence-electron chi connectivity index (χ0n) is 10.2. The summed E-state index contributed by atoms with van der Waals surface area (Å²) in [6.45, 7) is 1.99. The van der Waals surface area contributed by atoms with Crippen LogP contribution in [-0.4, -0.2) is 4.92 Å². The summed E-state index contributed by atoms with van der Waals surface area (Å²) >= 11 is 1.35. The molecule has 4 nitrogen and oxygen atoms in total. The summed E-state index contributed by atoms with van der Waals surface area (Å²) in [6.07, 6.45) is 0. The SMILES string of the molecule is Cc1ccc(Sc2cc([N+](=O)[O-])ccc2C#N)cc1. The third kappa shape index (κ3) is 3.12. The maximum Gasteiger partial charge on any atom is 0.270 e. The van der Waals surface area contributed by atoms with Gasteiger partial charge in [0.1, 0.15) is 6.07 Å². The van der Waals surface area contributed by atoms with Crippen molar-refractivity contribution >= 4 is 17.4 Å². The van der Waals surface area contributed by atoms with Crippen LogP contribution in [0, 0.1) is 28.4 Å². The van der Waals surface area contributed by atoms with E-state index in [1.54, 1.807) is 0 Å². The highest BCUT2D eigenvalue weighted by molar-refractivity contribution is 7.99. The number of hydrogen-bond acceptors (Lipinski definition) is 4. The topological polar surface area (TPSA) is 66.9 Å². The molecule has 0 heterocycles. The second kappa shape index (κ2) is 5.55. The Morgan fingerprint density at radius 2 is 1.89 bits per heavy atom. The highest BCUT2D eigenvalue weighted by Crippen LogP contribution is 2.32. The van der Waals surface area contributed by atoms with Crippen molar-refractivity contribution in [1.82, 2.24) is 0 Å². The van der Waals surface area contributed by atoms with E-state index in [4.69, 9.17) is 5.26 Å². The van der Waals surface area contributed by atoms with Gasteiger partial charge in [-0.1, -0.05) is 29.5 Å². The lowest BCUT2D eigenvalue weighted by atomic mass is 10.2. The molecule has 94 valence electrons. The Kier molecular flexibility index (Phi) is 3.83. The molecule has 0 atom stereocenters. The predicted molar refractivity (Wildman–Crippen MR) is 73.1 cm³/mol. The monoisotopic (exact) mass is 270 g/mol. The van der Waals surface area contributed by atoms with Crippen LogP contribution in [-0.2, 0) is 0 Å². The highest BCUT2D eigenvalue weighted by Gasteiger charge is 2.11. The summed E-state index contributed by atoms with van der Waals surface area (Å²) in [5.41, 5.74) is 1.58. The van der Waals surface area contributed by atoms with Crippen molar-refractivity contribution in [2.45, 2.75) is 16.7 Å². The van der Waals surface area contributed by atoms with Gasteiger partial charge in [-0.15, -0.1) is 0 Å². The Morgan fingerprint density at radius 3 is 2.47 bits per heavy atom. The molecule has 0 spiro atoms. The van der Waals surface area contributed by atoms with E-state index in [0.717, 1.165) is 10.5 Å². The molecular formula is C14H10N2O2S. The van der Waals surface area contributed by atoms with Gasteiger partial charge in [0.05, 0.1) is 10.5 Å². The van der Waals surface area contributed by atoms with Crippen molar-refractivity contribution < 1.29 is 4.92 Å². The van der Waals surface area contributed by atoms with Gasteiger partial charge in [-0.05, 0) is 25.1 Å². The summed E-state index contributed by atoms with van der Waals surface area (Å²) in [5.74, 6) is 0. The van der Waals surface area contributed by atoms with Gasteiger partial charge in [-0.25, -0.2) is 0 Å².